The van der Waals surface area contributed by atoms with Crippen LogP contribution < -0.4 is 4.74 Å². The number of carboxylic acids is 1. The van der Waals surface area contributed by atoms with Crippen molar-refractivity contribution >= 4 is 11.7 Å². The van der Waals surface area contributed by atoms with Crippen molar-refractivity contribution in [2.75, 3.05) is 13.2 Å². The summed E-state index contributed by atoms with van der Waals surface area (Å²) in [4.78, 5) is 11.0. The van der Waals surface area contributed by atoms with Gasteiger partial charge in [0, 0.05) is 17.0 Å². The first kappa shape index (κ1) is 19.6. The molecule has 2 aromatic carbocycles. The van der Waals surface area contributed by atoms with Gasteiger partial charge in [-0.05, 0) is 73.9 Å². The van der Waals surface area contributed by atoms with Crippen LogP contribution in [0.3, 0.4) is 0 Å². The van der Waals surface area contributed by atoms with E-state index in [0.29, 0.717) is 6.61 Å². The van der Waals surface area contributed by atoms with Crippen LogP contribution in [0.15, 0.2) is 36.4 Å². The van der Waals surface area contributed by atoms with Crippen LogP contribution in [0.5, 0.6) is 5.75 Å². The smallest absolute Gasteiger partial charge is 0.304 e. The van der Waals surface area contributed by atoms with Crippen LogP contribution >= 0.6 is 0 Å². The first-order valence-corrected chi connectivity index (χ1v) is 10.4. The van der Waals surface area contributed by atoms with Crippen molar-refractivity contribution in [3.05, 3.63) is 69.8 Å². The van der Waals surface area contributed by atoms with Crippen LogP contribution in [0.1, 0.15) is 58.6 Å². The van der Waals surface area contributed by atoms with Crippen molar-refractivity contribution in [2.24, 2.45) is 0 Å². The first-order valence-electron chi connectivity index (χ1n) is 10.4. The van der Waals surface area contributed by atoms with Crippen LogP contribution in [-0.4, -0.2) is 24.3 Å². The molecule has 2 aromatic rings. The molecule has 2 aliphatic heterocycles. The van der Waals surface area contributed by atoms with Gasteiger partial charge in [0.1, 0.15) is 11.5 Å². The lowest BCUT2D eigenvalue weighted by Gasteiger charge is -2.20. The van der Waals surface area contributed by atoms with Gasteiger partial charge >= 0.3 is 5.97 Å². The van der Waals surface area contributed by atoms with Crippen molar-refractivity contribution < 1.29 is 19.4 Å². The molecule has 0 saturated carbocycles. The number of allylic oxidation sites excluding steroid dienone is 1. The second-order valence-corrected chi connectivity index (χ2v) is 8.08. The summed E-state index contributed by atoms with van der Waals surface area (Å²) in [5.74, 6) is 1.06. The summed E-state index contributed by atoms with van der Waals surface area (Å²) >= 11 is 0. The number of carbonyl (C=O) groups is 1. The van der Waals surface area contributed by atoms with E-state index >= 15 is 0 Å². The summed E-state index contributed by atoms with van der Waals surface area (Å²) in [5.41, 5.74) is 7.38. The van der Waals surface area contributed by atoms with Crippen LogP contribution in [0, 0.1) is 13.8 Å². The number of fused-ring (bicyclic) bond motifs is 1. The Labute approximate surface area is 172 Å². The molecule has 0 fully saturated rings. The van der Waals surface area contributed by atoms with Crippen molar-refractivity contribution in [3.8, 4) is 5.75 Å². The summed E-state index contributed by atoms with van der Waals surface area (Å²) in [7, 11) is 0. The number of benzene rings is 2. The monoisotopic (exact) mass is 392 g/mol. The van der Waals surface area contributed by atoms with Gasteiger partial charge in [-0.15, -0.1) is 0 Å². The molecule has 1 N–H and O–H groups in total. The minimum absolute atomic E-state index is 0.0396. The molecule has 2 aliphatic rings. The van der Waals surface area contributed by atoms with E-state index in [4.69, 9.17) is 14.6 Å². The quantitative estimate of drug-likeness (QED) is 0.735. The van der Waals surface area contributed by atoms with Gasteiger partial charge in [0.2, 0.25) is 0 Å². The molecule has 0 saturated heterocycles. The lowest BCUT2D eigenvalue weighted by Crippen LogP contribution is -2.07. The van der Waals surface area contributed by atoms with Gasteiger partial charge in [-0.2, -0.15) is 0 Å². The predicted octanol–water partition coefficient (Wildman–Crippen LogP) is 5.19. The van der Waals surface area contributed by atoms with E-state index in [-0.39, 0.29) is 12.3 Å². The lowest BCUT2D eigenvalue weighted by atomic mass is 9.91. The molecule has 4 heteroatoms. The molecule has 4 nitrogen and oxygen atoms in total. The molecule has 152 valence electrons. The summed E-state index contributed by atoms with van der Waals surface area (Å²) in [6.07, 6.45) is 6.38. The Bertz CT molecular complexity index is 958. The Hall–Kier alpha value is -2.75. The molecular formula is C25H28O4. The molecule has 0 bridgehead atoms. The van der Waals surface area contributed by atoms with E-state index in [9.17, 15) is 4.79 Å². The zero-order chi connectivity index (χ0) is 20.4. The van der Waals surface area contributed by atoms with E-state index in [0.717, 1.165) is 49.4 Å². The average Bonchev–Trinajstić information content (AvgIpc) is 3.10. The zero-order valence-corrected chi connectivity index (χ0v) is 17.2. The van der Waals surface area contributed by atoms with E-state index in [2.05, 4.69) is 44.2 Å². The maximum atomic E-state index is 11.0. The number of aryl methyl sites for hydroxylation is 3. The average molecular weight is 392 g/mol. The fourth-order valence-corrected chi connectivity index (χ4v) is 4.41. The second kappa shape index (κ2) is 8.32. The fraction of sp³-hybridized carbons (Fsp3) is 0.400. The molecule has 0 amide bonds. The highest BCUT2D eigenvalue weighted by Gasteiger charge is 2.26. The summed E-state index contributed by atoms with van der Waals surface area (Å²) in [6.45, 7) is 5.60. The predicted molar refractivity (Wildman–Crippen MR) is 113 cm³/mol. The third-order valence-electron chi connectivity index (χ3n) is 6.03. The van der Waals surface area contributed by atoms with E-state index < -0.39 is 5.97 Å². The van der Waals surface area contributed by atoms with Gasteiger partial charge in [0.05, 0.1) is 19.6 Å². The van der Waals surface area contributed by atoms with Gasteiger partial charge in [-0.3, -0.25) is 4.79 Å². The third kappa shape index (κ3) is 4.16. The highest BCUT2D eigenvalue weighted by atomic mass is 16.5. The highest BCUT2D eigenvalue weighted by Crippen LogP contribution is 2.37. The Morgan fingerprint density at radius 3 is 2.76 bits per heavy atom. The van der Waals surface area contributed by atoms with Gasteiger partial charge in [0.15, 0.2) is 0 Å². The molecule has 1 atom stereocenters. The normalized spacial score (nSPS) is 17.9. The molecule has 0 spiro atoms. The number of carboxylic acid groups (broad SMARTS) is 1. The molecule has 0 aliphatic carbocycles. The van der Waals surface area contributed by atoms with Crippen LogP contribution in [0.25, 0.3) is 5.76 Å². The van der Waals surface area contributed by atoms with E-state index in [1.165, 1.54) is 27.8 Å². The van der Waals surface area contributed by atoms with Crippen LogP contribution in [-0.2, 0) is 22.4 Å². The van der Waals surface area contributed by atoms with Gasteiger partial charge < -0.3 is 14.6 Å². The standard InChI is InChI=1S/C25H28O4/c1-16-6-9-19(17(2)25(16)22-5-3-4-12-28-22)10-7-18-8-11-21-20(14-24(26)27)15-29-23(21)13-18/h5-6,8-9,11,13,20H,3-4,7,10,12,14-15H2,1-2H3,(H,26,27)/t20-/m1/s1. The number of hydrogen-bond acceptors (Lipinski definition) is 3. The van der Waals surface area contributed by atoms with Gasteiger partial charge in [-0.1, -0.05) is 24.3 Å². The molecule has 29 heavy (non-hydrogen) atoms. The lowest BCUT2D eigenvalue weighted by molar-refractivity contribution is -0.137. The maximum Gasteiger partial charge on any atom is 0.304 e. The summed E-state index contributed by atoms with van der Waals surface area (Å²) in [6, 6.07) is 10.6. The topological polar surface area (TPSA) is 55.8 Å². The number of rotatable bonds is 6. The van der Waals surface area contributed by atoms with Crippen molar-refractivity contribution in [1.29, 1.82) is 0 Å². The SMILES string of the molecule is Cc1ccc(CCc2ccc3c(c2)OC[C@H]3CC(=O)O)c(C)c1C1=CCCCO1. The first-order chi connectivity index (χ1) is 14.0. The number of hydrogen-bond donors (Lipinski definition) is 1. The zero-order valence-electron chi connectivity index (χ0n) is 17.2. The highest BCUT2D eigenvalue weighted by molar-refractivity contribution is 5.69. The van der Waals surface area contributed by atoms with Crippen molar-refractivity contribution in [1.82, 2.24) is 0 Å². The van der Waals surface area contributed by atoms with E-state index in [1.54, 1.807) is 0 Å². The molecule has 0 radical (unpaired) electrons. The van der Waals surface area contributed by atoms with Crippen molar-refractivity contribution in [2.45, 2.75) is 51.9 Å². The maximum absolute atomic E-state index is 11.0. The Morgan fingerprint density at radius 2 is 2.00 bits per heavy atom. The second-order valence-electron chi connectivity index (χ2n) is 8.08. The molecule has 0 unspecified atom stereocenters. The third-order valence-corrected chi connectivity index (χ3v) is 6.03. The number of aliphatic carboxylic acids is 1. The number of ether oxygens (including phenoxy) is 2. The van der Waals surface area contributed by atoms with Crippen molar-refractivity contribution in [3.63, 3.8) is 0 Å². The molecule has 4 rings (SSSR count). The minimum Gasteiger partial charge on any atom is -0.493 e. The summed E-state index contributed by atoms with van der Waals surface area (Å²) < 4.78 is 11.7. The van der Waals surface area contributed by atoms with Crippen LogP contribution in [0.2, 0.25) is 0 Å². The van der Waals surface area contributed by atoms with Gasteiger partial charge in [-0.25, -0.2) is 0 Å². The van der Waals surface area contributed by atoms with E-state index in [1.807, 2.05) is 6.07 Å². The molecular weight excluding hydrogens is 364 g/mol. The largest absolute Gasteiger partial charge is 0.493 e. The van der Waals surface area contributed by atoms with Gasteiger partial charge in [0.25, 0.3) is 0 Å². The molecule has 0 aromatic heterocycles. The molecule has 2 heterocycles. The Morgan fingerprint density at radius 1 is 1.14 bits per heavy atom. The Kier molecular flexibility index (Phi) is 5.61. The summed E-state index contributed by atoms with van der Waals surface area (Å²) in [5, 5.41) is 9.06. The van der Waals surface area contributed by atoms with Crippen LogP contribution in [0.4, 0.5) is 0 Å². The Balaban J connectivity index is 1.50. The minimum atomic E-state index is -0.779. The fourth-order valence-electron chi connectivity index (χ4n) is 4.41.